The van der Waals surface area contributed by atoms with E-state index < -0.39 is 58.2 Å². The van der Waals surface area contributed by atoms with E-state index in [1.807, 2.05) is 0 Å². The first-order valence-electron chi connectivity index (χ1n) is 9.90. The van der Waals surface area contributed by atoms with Crippen molar-refractivity contribution in [1.29, 1.82) is 5.26 Å². The summed E-state index contributed by atoms with van der Waals surface area (Å²) in [6.07, 6.45) is -4.96. The van der Waals surface area contributed by atoms with Gasteiger partial charge in [-0.05, 0) is 42.8 Å². The largest absolute Gasteiger partial charge is 0.492 e. The summed E-state index contributed by atoms with van der Waals surface area (Å²) in [6, 6.07) is 3.85. The minimum absolute atomic E-state index is 0.0603. The molecule has 0 saturated heterocycles. The molecule has 2 aromatic carbocycles. The van der Waals surface area contributed by atoms with E-state index in [0.29, 0.717) is 10.7 Å². The topological polar surface area (TPSA) is 120 Å². The number of alkyl halides is 3. The van der Waals surface area contributed by atoms with Crippen LogP contribution in [0, 0.1) is 28.8 Å². The van der Waals surface area contributed by atoms with Gasteiger partial charge in [-0.15, -0.1) is 0 Å². The van der Waals surface area contributed by atoms with Crippen LogP contribution >= 0.6 is 0 Å². The van der Waals surface area contributed by atoms with Gasteiger partial charge in [0.1, 0.15) is 52.4 Å². The summed E-state index contributed by atoms with van der Waals surface area (Å²) in [5.74, 6) is -4.40. The zero-order chi connectivity index (χ0) is 26.1. The molecule has 1 amide bonds. The van der Waals surface area contributed by atoms with Gasteiger partial charge in [0.15, 0.2) is 0 Å². The lowest BCUT2D eigenvalue weighted by molar-refractivity contribution is -0.164. The maximum Gasteiger partial charge on any atom is 0.410 e. The van der Waals surface area contributed by atoms with Gasteiger partial charge in [0.05, 0.1) is 12.2 Å². The van der Waals surface area contributed by atoms with E-state index in [4.69, 9.17) is 16.2 Å². The highest BCUT2D eigenvalue weighted by molar-refractivity contribution is 5.95. The molecule has 13 heteroatoms. The molecule has 1 heterocycles. The number of hydrogen-bond acceptors (Lipinski definition) is 5. The van der Waals surface area contributed by atoms with Gasteiger partial charge >= 0.3 is 6.18 Å². The van der Waals surface area contributed by atoms with Gasteiger partial charge in [-0.3, -0.25) is 4.79 Å². The van der Waals surface area contributed by atoms with Gasteiger partial charge in [0.2, 0.25) is 0 Å². The molecule has 0 radical (unpaired) electrons. The van der Waals surface area contributed by atoms with Crippen LogP contribution in [0.1, 0.15) is 34.5 Å². The van der Waals surface area contributed by atoms with Gasteiger partial charge in [-0.1, -0.05) is 0 Å². The number of anilines is 1. The minimum Gasteiger partial charge on any atom is -0.492 e. The van der Waals surface area contributed by atoms with Crippen LogP contribution in [-0.2, 0) is 6.42 Å². The van der Waals surface area contributed by atoms with Crippen LogP contribution in [-0.4, -0.2) is 28.5 Å². The van der Waals surface area contributed by atoms with Crippen molar-refractivity contribution in [3.8, 4) is 23.1 Å². The summed E-state index contributed by atoms with van der Waals surface area (Å²) in [5.41, 5.74) is 8.73. The Morgan fingerprint density at radius 3 is 2.49 bits per heavy atom. The molecule has 7 nitrogen and oxygen atoms in total. The SMILES string of the molecule is CC(n1nc(-c2cc(F)c(CCOc3ccc(F)cc3C(N)=O)cc2F)c(C#N)c1N)C(F)(F)F. The average molecular weight is 497 g/mol. The zero-order valence-electron chi connectivity index (χ0n) is 18.0. The van der Waals surface area contributed by atoms with Crippen LogP contribution in [0.4, 0.5) is 32.2 Å². The van der Waals surface area contributed by atoms with E-state index in [1.165, 1.54) is 0 Å². The number of rotatable bonds is 7. The highest BCUT2D eigenvalue weighted by Gasteiger charge is 2.40. The Kier molecular flexibility index (Phi) is 6.95. The third kappa shape index (κ3) is 5.16. The molecule has 0 spiro atoms. The van der Waals surface area contributed by atoms with Crippen molar-refractivity contribution < 1.29 is 35.9 Å². The summed E-state index contributed by atoms with van der Waals surface area (Å²) in [7, 11) is 0. The molecule has 1 aromatic heterocycles. The molecule has 1 unspecified atom stereocenters. The van der Waals surface area contributed by atoms with Crippen LogP contribution in [0.3, 0.4) is 0 Å². The highest BCUT2D eigenvalue weighted by atomic mass is 19.4. The quantitative estimate of drug-likeness (QED) is 0.473. The number of aromatic nitrogens is 2. The Labute approximate surface area is 194 Å². The number of nitrogens with zero attached hydrogens (tertiary/aromatic N) is 3. The Morgan fingerprint density at radius 1 is 1.20 bits per heavy atom. The molecule has 184 valence electrons. The van der Waals surface area contributed by atoms with E-state index in [0.717, 1.165) is 31.2 Å². The predicted octanol–water partition coefficient (Wildman–Crippen LogP) is 4.26. The molecule has 3 rings (SSSR count). The van der Waals surface area contributed by atoms with Crippen molar-refractivity contribution in [2.75, 3.05) is 12.3 Å². The number of carbonyl (C=O) groups excluding carboxylic acids is 1. The van der Waals surface area contributed by atoms with Crippen LogP contribution in [0.2, 0.25) is 0 Å². The average Bonchev–Trinajstić information content (AvgIpc) is 3.11. The first kappa shape index (κ1) is 25.4. The molecule has 0 bridgehead atoms. The fourth-order valence-electron chi connectivity index (χ4n) is 3.23. The number of benzene rings is 2. The first-order valence-corrected chi connectivity index (χ1v) is 9.90. The van der Waals surface area contributed by atoms with Gasteiger partial charge in [0, 0.05) is 12.0 Å². The van der Waals surface area contributed by atoms with Gasteiger partial charge < -0.3 is 16.2 Å². The smallest absolute Gasteiger partial charge is 0.410 e. The van der Waals surface area contributed by atoms with E-state index in [1.54, 1.807) is 6.07 Å². The van der Waals surface area contributed by atoms with Gasteiger partial charge in [-0.2, -0.15) is 23.5 Å². The van der Waals surface area contributed by atoms with Gasteiger partial charge in [-0.25, -0.2) is 17.9 Å². The summed E-state index contributed by atoms with van der Waals surface area (Å²) in [5, 5.41) is 12.9. The zero-order valence-corrected chi connectivity index (χ0v) is 18.0. The summed E-state index contributed by atoms with van der Waals surface area (Å²) >= 11 is 0. The summed E-state index contributed by atoms with van der Waals surface area (Å²) < 4.78 is 87.8. The molecular weight excluding hydrogens is 480 g/mol. The maximum absolute atomic E-state index is 14.8. The fraction of sp³-hybridized carbons (Fsp3) is 0.227. The predicted molar refractivity (Wildman–Crippen MR) is 112 cm³/mol. The summed E-state index contributed by atoms with van der Waals surface area (Å²) in [4.78, 5) is 11.4. The Morgan fingerprint density at radius 2 is 1.89 bits per heavy atom. The van der Waals surface area contributed by atoms with Crippen molar-refractivity contribution in [2.45, 2.75) is 25.6 Å². The third-order valence-electron chi connectivity index (χ3n) is 5.13. The fourth-order valence-corrected chi connectivity index (χ4v) is 3.23. The lowest BCUT2D eigenvalue weighted by atomic mass is 10.0. The normalized spacial score (nSPS) is 12.3. The number of nitrogens with two attached hydrogens (primary N) is 2. The van der Waals surface area contributed by atoms with Crippen LogP contribution in [0.5, 0.6) is 5.75 Å². The summed E-state index contributed by atoms with van der Waals surface area (Å²) in [6.45, 7) is 0.495. The number of ether oxygens (including phenoxy) is 1. The molecule has 35 heavy (non-hydrogen) atoms. The van der Waals surface area contributed by atoms with Crippen LogP contribution in [0.15, 0.2) is 30.3 Å². The molecule has 0 aliphatic heterocycles. The third-order valence-corrected chi connectivity index (χ3v) is 5.13. The van der Waals surface area contributed by atoms with E-state index in [9.17, 15) is 36.4 Å². The van der Waals surface area contributed by atoms with E-state index in [-0.39, 0.29) is 29.9 Å². The number of primary amides is 1. The Hall–Kier alpha value is -4.21. The van der Waals surface area contributed by atoms with Crippen molar-refractivity contribution in [2.24, 2.45) is 5.73 Å². The highest BCUT2D eigenvalue weighted by Crippen LogP contribution is 2.36. The number of nitrogen functional groups attached to an aromatic ring is 1. The molecular formula is C22H17F6N5O2. The number of amides is 1. The molecule has 4 N–H and O–H groups in total. The minimum atomic E-state index is -4.75. The molecule has 0 saturated carbocycles. The number of carbonyl (C=O) groups is 1. The van der Waals surface area contributed by atoms with Crippen molar-refractivity contribution in [1.82, 2.24) is 9.78 Å². The molecule has 0 aliphatic carbocycles. The number of hydrogen-bond donors (Lipinski definition) is 2. The number of halogens is 6. The van der Waals surface area contributed by atoms with Crippen LogP contribution in [0.25, 0.3) is 11.3 Å². The second-order valence-electron chi connectivity index (χ2n) is 7.41. The van der Waals surface area contributed by atoms with E-state index in [2.05, 4.69) is 5.10 Å². The Balaban J connectivity index is 1.88. The second-order valence-corrected chi connectivity index (χ2v) is 7.41. The standard InChI is InChI=1S/C22H17F6N5O2/c1-10(22(26,27)28)33-20(30)15(9-29)19(32-33)13-8-16(24)11(6-17(13)25)4-5-35-18-3-2-12(23)7-14(18)21(31)34/h2-3,6-8,10H,4-5,30H2,1H3,(H2,31,34). The van der Waals surface area contributed by atoms with Crippen molar-refractivity contribution >= 4 is 11.7 Å². The van der Waals surface area contributed by atoms with Crippen molar-refractivity contribution in [3.63, 3.8) is 0 Å². The van der Waals surface area contributed by atoms with Gasteiger partial charge in [0.25, 0.3) is 5.91 Å². The molecule has 0 fully saturated rings. The molecule has 0 aliphatic rings. The van der Waals surface area contributed by atoms with Crippen LogP contribution < -0.4 is 16.2 Å². The maximum atomic E-state index is 14.8. The monoisotopic (exact) mass is 497 g/mol. The lowest BCUT2D eigenvalue weighted by Crippen LogP contribution is -2.25. The Bertz CT molecular complexity index is 1330. The van der Waals surface area contributed by atoms with E-state index >= 15 is 0 Å². The molecule has 1 atom stereocenters. The van der Waals surface area contributed by atoms with Crippen molar-refractivity contribution in [3.05, 3.63) is 64.5 Å². The second kappa shape index (κ2) is 9.57. The number of nitriles is 1. The first-order chi connectivity index (χ1) is 16.3. The molecule has 3 aromatic rings. The lowest BCUT2D eigenvalue weighted by Gasteiger charge is -2.17.